The smallest absolute Gasteiger partial charge is 0.350 e. The maximum Gasteiger partial charge on any atom is 0.418 e. The van der Waals surface area contributed by atoms with Crippen molar-refractivity contribution in [2.45, 2.75) is 56.8 Å². The number of benzene rings is 1. The van der Waals surface area contributed by atoms with Gasteiger partial charge in [0.05, 0.1) is 17.3 Å². The number of nitrogens with one attached hydrogen (secondary N) is 1. The summed E-state index contributed by atoms with van der Waals surface area (Å²) in [6, 6.07) is 5.35. The molecular formula is C19H25ClF3N3OS. The van der Waals surface area contributed by atoms with Gasteiger partial charge in [-0.1, -0.05) is 43.2 Å². The van der Waals surface area contributed by atoms with Crippen LogP contribution in [0.1, 0.15) is 44.1 Å². The number of hydrogen-bond acceptors (Lipinski definition) is 3. The predicted molar refractivity (Wildman–Crippen MR) is 110 cm³/mol. The molecule has 1 aromatic rings. The average molecular weight is 436 g/mol. The Hall–Kier alpha value is -1.41. The molecule has 4 nitrogen and oxygen atoms in total. The number of carbonyl (C=O) groups is 1. The van der Waals surface area contributed by atoms with Gasteiger partial charge in [-0.05, 0) is 25.0 Å². The summed E-state index contributed by atoms with van der Waals surface area (Å²) < 4.78 is 39.2. The first-order valence-corrected chi connectivity index (χ1v) is 10.2. The highest BCUT2D eigenvalue weighted by Crippen LogP contribution is 2.35. The minimum Gasteiger partial charge on any atom is -0.350 e. The molecule has 0 radical (unpaired) electrons. The van der Waals surface area contributed by atoms with Gasteiger partial charge in [0.25, 0.3) is 0 Å². The second-order valence-electron chi connectivity index (χ2n) is 7.07. The number of amides is 1. The standard InChI is InChI=1S/C19H24F3N3OS.ClH/c1-25-14(12-27-18(25)23-13-7-3-2-4-8-13)11-17(26)24-16-10-6-5-9-15(16)19(20,21)22;/h5-6,9-10,13-14H,2-4,7-8,11-12H2,1H3,(H,24,26);1H. The largest absolute Gasteiger partial charge is 0.418 e. The number of nitrogens with zero attached hydrogens (tertiary/aromatic N) is 2. The van der Waals surface area contributed by atoms with Crippen LogP contribution < -0.4 is 5.32 Å². The van der Waals surface area contributed by atoms with Gasteiger partial charge in [-0.2, -0.15) is 13.2 Å². The van der Waals surface area contributed by atoms with Gasteiger partial charge < -0.3 is 10.2 Å². The van der Waals surface area contributed by atoms with E-state index in [1.54, 1.807) is 11.8 Å². The quantitative estimate of drug-likeness (QED) is 0.707. The van der Waals surface area contributed by atoms with Crippen LogP contribution in [0.2, 0.25) is 0 Å². The first-order valence-electron chi connectivity index (χ1n) is 9.24. The molecule has 2 aliphatic rings. The molecule has 1 saturated carbocycles. The minimum absolute atomic E-state index is 0. The Kier molecular flexibility index (Phi) is 8.07. The summed E-state index contributed by atoms with van der Waals surface area (Å²) in [5.74, 6) is 0.305. The first-order chi connectivity index (χ1) is 12.8. The van der Waals surface area contributed by atoms with E-state index in [1.165, 1.54) is 37.5 Å². The fraction of sp³-hybridized carbons (Fsp3) is 0.579. The number of amidine groups is 1. The van der Waals surface area contributed by atoms with E-state index in [0.717, 1.165) is 29.8 Å². The minimum atomic E-state index is -4.50. The van der Waals surface area contributed by atoms with Crippen molar-refractivity contribution in [1.29, 1.82) is 0 Å². The number of aliphatic imine (C=N–C) groups is 1. The Labute approximate surface area is 173 Å². The van der Waals surface area contributed by atoms with Gasteiger partial charge in [0.1, 0.15) is 0 Å². The first kappa shape index (κ1) is 22.9. The normalized spacial score (nSPS) is 22.2. The summed E-state index contributed by atoms with van der Waals surface area (Å²) in [5, 5.41) is 3.37. The molecule has 0 bridgehead atoms. The van der Waals surface area contributed by atoms with Crippen LogP contribution in [0.25, 0.3) is 0 Å². The van der Waals surface area contributed by atoms with E-state index in [0.29, 0.717) is 6.04 Å². The number of halogens is 4. The highest BCUT2D eigenvalue weighted by Gasteiger charge is 2.34. The van der Waals surface area contributed by atoms with Gasteiger partial charge in [0, 0.05) is 25.3 Å². The zero-order valence-corrected chi connectivity index (χ0v) is 17.3. The van der Waals surface area contributed by atoms with Crippen molar-refractivity contribution >= 4 is 40.9 Å². The lowest BCUT2D eigenvalue weighted by atomic mass is 9.96. The number of hydrogen-bond donors (Lipinski definition) is 1. The van der Waals surface area contributed by atoms with Gasteiger partial charge in [-0.3, -0.25) is 9.79 Å². The molecule has 1 aromatic carbocycles. The number of para-hydroxylation sites is 1. The lowest BCUT2D eigenvalue weighted by Crippen LogP contribution is -2.34. The molecule has 1 unspecified atom stereocenters. The molecule has 0 spiro atoms. The van der Waals surface area contributed by atoms with Crippen LogP contribution in [-0.2, 0) is 11.0 Å². The second-order valence-corrected chi connectivity index (χ2v) is 8.06. The van der Waals surface area contributed by atoms with Crippen LogP contribution in [0.4, 0.5) is 18.9 Å². The number of thioether (sulfide) groups is 1. The van der Waals surface area contributed by atoms with Gasteiger partial charge in [0.15, 0.2) is 5.17 Å². The average Bonchev–Trinajstić information content (AvgIpc) is 2.95. The third-order valence-electron chi connectivity index (χ3n) is 5.05. The van der Waals surface area contributed by atoms with E-state index >= 15 is 0 Å². The molecular weight excluding hydrogens is 411 g/mol. The molecule has 1 amide bonds. The fourth-order valence-electron chi connectivity index (χ4n) is 3.49. The van der Waals surface area contributed by atoms with Crippen molar-refractivity contribution in [2.75, 3.05) is 18.1 Å². The summed E-state index contributed by atoms with van der Waals surface area (Å²) in [4.78, 5) is 19.2. The molecule has 1 atom stereocenters. The number of carbonyl (C=O) groups excluding carboxylic acids is 1. The van der Waals surface area contributed by atoms with E-state index < -0.39 is 17.6 Å². The fourth-order valence-corrected chi connectivity index (χ4v) is 4.74. The number of alkyl halides is 3. The molecule has 1 heterocycles. The molecule has 1 aliphatic carbocycles. The van der Waals surface area contributed by atoms with Crippen molar-refractivity contribution in [3.8, 4) is 0 Å². The van der Waals surface area contributed by atoms with Crippen molar-refractivity contribution in [3.63, 3.8) is 0 Å². The number of rotatable bonds is 4. The van der Waals surface area contributed by atoms with E-state index in [4.69, 9.17) is 4.99 Å². The van der Waals surface area contributed by atoms with Crippen LogP contribution >= 0.6 is 24.2 Å². The van der Waals surface area contributed by atoms with Crippen LogP contribution in [-0.4, -0.2) is 40.9 Å². The van der Waals surface area contributed by atoms with Crippen LogP contribution in [0, 0.1) is 0 Å². The molecule has 156 valence electrons. The monoisotopic (exact) mass is 435 g/mol. The zero-order valence-electron chi connectivity index (χ0n) is 15.7. The zero-order chi connectivity index (χ0) is 19.4. The van der Waals surface area contributed by atoms with Gasteiger partial charge in [-0.15, -0.1) is 12.4 Å². The summed E-state index contributed by atoms with van der Waals surface area (Å²) in [5.41, 5.74) is -1.02. The third kappa shape index (κ3) is 5.80. The molecule has 1 saturated heterocycles. The van der Waals surface area contributed by atoms with Crippen molar-refractivity contribution in [1.82, 2.24) is 4.90 Å². The second kappa shape index (κ2) is 9.87. The molecule has 0 aromatic heterocycles. The van der Waals surface area contributed by atoms with Crippen LogP contribution in [0.3, 0.4) is 0 Å². The Morgan fingerprint density at radius 1 is 1.25 bits per heavy atom. The van der Waals surface area contributed by atoms with Crippen molar-refractivity contribution in [3.05, 3.63) is 29.8 Å². The molecule has 2 fully saturated rings. The lowest BCUT2D eigenvalue weighted by Gasteiger charge is -2.23. The van der Waals surface area contributed by atoms with Crippen molar-refractivity contribution in [2.24, 2.45) is 4.99 Å². The van der Waals surface area contributed by atoms with E-state index in [9.17, 15) is 18.0 Å². The topological polar surface area (TPSA) is 44.7 Å². The van der Waals surface area contributed by atoms with E-state index in [1.807, 2.05) is 11.9 Å². The van der Waals surface area contributed by atoms with E-state index in [-0.39, 0.29) is 30.6 Å². The Morgan fingerprint density at radius 3 is 2.61 bits per heavy atom. The maximum absolute atomic E-state index is 13.1. The SMILES string of the molecule is CN1C(=NC2CCCCC2)SCC1CC(=O)Nc1ccccc1C(F)(F)F.Cl. The van der Waals surface area contributed by atoms with E-state index in [2.05, 4.69) is 5.32 Å². The van der Waals surface area contributed by atoms with Crippen molar-refractivity contribution < 1.29 is 18.0 Å². The Balaban J connectivity index is 0.00000280. The molecule has 3 rings (SSSR count). The van der Waals surface area contributed by atoms with Crippen LogP contribution in [0.15, 0.2) is 29.3 Å². The third-order valence-corrected chi connectivity index (χ3v) is 6.25. The summed E-state index contributed by atoms with van der Waals surface area (Å²) >= 11 is 1.62. The molecule has 28 heavy (non-hydrogen) atoms. The lowest BCUT2D eigenvalue weighted by molar-refractivity contribution is -0.137. The van der Waals surface area contributed by atoms with Gasteiger partial charge >= 0.3 is 6.18 Å². The summed E-state index contributed by atoms with van der Waals surface area (Å²) in [6.07, 6.45) is 1.55. The van der Waals surface area contributed by atoms with Crippen LogP contribution in [0.5, 0.6) is 0 Å². The number of anilines is 1. The Morgan fingerprint density at radius 2 is 1.93 bits per heavy atom. The predicted octanol–water partition coefficient (Wildman–Crippen LogP) is 5.19. The summed E-state index contributed by atoms with van der Waals surface area (Å²) in [7, 11) is 1.91. The molecule has 1 aliphatic heterocycles. The van der Waals surface area contributed by atoms with Gasteiger partial charge in [-0.25, -0.2) is 0 Å². The summed E-state index contributed by atoms with van der Waals surface area (Å²) in [6.45, 7) is 0. The highest BCUT2D eigenvalue weighted by molar-refractivity contribution is 8.14. The maximum atomic E-state index is 13.1. The van der Waals surface area contributed by atoms with Gasteiger partial charge in [0.2, 0.25) is 5.91 Å². The molecule has 1 N–H and O–H groups in total. The molecule has 9 heteroatoms. The highest BCUT2D eigenvalue weighted by atomic mass is 35.5. The Bertz CT molecular complexity index is 708.